The van der Waals surface area contributed by atoms with Crippen LogP contribution >= 0.6 is 0 Å². The molecule has 4 aromatic heterocycles. The van der Waals surface area contributed by atoms with Crippen LogP contribution in [0.15, 0.2) is 201 Å². The maximum absolute atomic E-state index is 5.15. The van der Waals surface area contributed by atoms with E-state index in [1.54, 1.807) is 24.8 Å². The number of hydrogen-bond donors (Lipinski definition) is 0. The topological polar surface area (TPSA) is 72.6 Å². The lowest BCUT2D eigenvalue weighted by molar-refractivity contribution is 0.609. The van der Waals surface area contributed by atoms with Crippen molar-refractivity contribution in [2.24, 2.45) is 0 Å². The van der Waals surface area contributed by atoms with Gasteiger partial charge in [-0.3, -0.25) is 14.5 Å². The number of anilines is 2. The summed E-state index contributed by atoms with van der Waals surface area (Å²) in [7, 11) is 0. The Kier molecular flexibility index (Phi) is 8.54. The monoisotopic (exact) mass is 899 g/mol. The van der Waals surface area contributed by atoms with Crippen LogP contribution < -0.4 is 4.90 Å². The Morgan fingerprint density at radius 1 is 0.429 bits per heavy atom. The van der Waals surface area contributed by atoms with Crippen LogP contribution in [0.4, 0.5) is 11.4 Å². The fourth-order valence-corrected chi connectivity index (χ4v) is 11.7. The SMILES string of the molecule is CC1(C)C=CN2c3ccccc3C(C)(C)c3ccc(-c4ccc5c6ccc(-c7cccc8c7c7ccccc7n8-c7nc(-c8ccncc8)nc(-c8ccncc8)n7)cc6c6ccccc6c5c4)c1c32. The number of hydrogen-bond acceptors (Lipinski definition) is 6. The number of allylic oxidation sites excluding steroid dienone is 1. The first-order valence-electron chi connectivity index (χ1n) is 24.0. The molecule has 0 atom stereocenters. The molecule has 0 fully saturated rings. The van der Waals surface area contributed by atoms with Crippen molar-refractivity contribution >= 4 is 65.5 Å². The quantitative estimate of drug-likeness (QED) is 0.160. The molecule has 2 aliphatic heterocycles. The second-order valence-electron chi connectivity index (χ2n) is 19.8. The Morgan fingerprint density at radius 3 is 1.67 bits per heavy atom. The zero-order chi connectivity index (χ0) is 46.9. The lowest BCUT2D eigenvalue weighted by Crippen LogP contribution is -2.35. The van der Waals surface area contributed by atoms with Gasteiger partial charge in [-0.1, -0.05) is 143 Å². The number of fused-ring (bicyclic) bond motifs is 11. The second kappa shape index (κ2) is 14.8. The minimum Gasteiger partial charge on any atom is -0.317 e. The van der Waals surface area contributed by atoms with E-state index in [-0.39, 0.29) is 10.8 Å². The van der Waals surface area contributed by atoms with Gasteiger partial charge in [0.25, 0.3) is 0 Å². The van der Waals surface area contributed by atoms with Crippen LogP contribution in [0.5, 0.6) is 0 Å². The third-order valence-electron chi connectivity index (χ3n) is 15.1. The van der Waals surface area contributed by atoms with Crippen LogP contribution in [0.25, 0.3) is 105 Å². The highest BCUT2D eigenvalue weighted by molar-refractivity contribution is 6.27. The summed E-state index contributed by atoms with van der Waals surface area (Å²) in [6, 6.07) is 59.6. The average Bonchev–Trinajstić information content (AvgIpc) is 3.75. The van der Waals surface area contributed by atoms with Gasteiger partial charge in [-0.05, 0) is 126 Å². The Balaban J connectivity index is 0.945. The van der Waals surface area contributed by atoms with Gasteiger partial charge < -0.3 is 4.90 Å². The summed E-state index contributed by atoms with van der Waals surface area (Å²) in [4.78, 5) is 26.2. The van der Waals surface area contributed by atoms with Crippen molar-refractivity contribution in [3.63, 3.8) is 0 Å². The van der Waals surface area contributed by atoms with E-state index in [1.807, 2.05) is 24.3 Å². The maximum atomic E-state index is 5.15. The zero-order valence-corrected chi connectivity index (χ0v) is 39.2. The van der Waals surface area contributed by atoms with Gasteiger partial charge in [-0.15, -0.1) is 0 Å². The van der Waals surface area contributed by atoms with Crippen LogP contribution in [0, 0.1) is 0 Å². The summed E-state index contributed by atoms with van der Waals surface area (Å²) >= 11 is 0. The number of nitrogens with zero attached hydrogens (tertiary/aromatic N) is 7. The van der Waals surface area contributed by atoms with E-state index in [0.29, 0.717) is 17.6 Å². The predicted molar refractivity (Wildman–Crippen MR) is 287 cm³/mol. The van der Waals surface area contributed by atoms with Crippen molar-refractivity contribution in [2.75, 3.05) is 4.90 Å². The molecule has 0 saturated carbocycles. The van der Waals surface area contributed by atoms with Crippen LogP contribution in [0.3, 0.4) is 0 Å². The highest BCUT2D eigenvalue weighted by Crippen LogP contribution is 2.56. The van der Waals surface area contributed by atoms with Gasteiger partial charge >= 0.3 is 0 Å². The fraction of sp³-hybridized carbons (Fsp3) is 0.0952. The largest absolute Gasteiger partial charge is 0.317 e. The van der Waals surface area contributed by atoms with Crippen LogP contribution in [0.1, 0.15) is 44.4 Å². The number of rotatable bonds is 5. The van der Waals surface area contributed by atoms with Crippen molar-refractivity contribution in [3.8, 4) is 51.0 Å². The molecule has 70 heavy (non-hydrogen) atoms. The normalized spacial score (nSPS) is 14.4. The number of aromatic nitrogens is 6. The maximum Gasteiger partial charge on any atom is 0.238 e. The molecule has 0 aliphatic carbocycles. The fourth-order valence-electron chi connectivity index (χ4n) is 11.7. The van der Waals surface area contributed by atoms with E-state index in [0.717, 1.165) is 44.1 Å². The smallest absolute Gasteiger partial charge is 0.238 e. The third kappa shape index (κ3) is 5.84. The van der Waals surface area contributed by atoms with Gasteiger partial charge in [0, 0.05) is 69.4 Å². The molecule has 6 heterocycles. The Morgan fingerprint density at radius 2 is 1.00 bits per heavy atom. The molecule has 0 amide bonds. The van der Waals surface area contributed by atoms with Crippen LogP contribution in [-0.2, 0) is 10.8 Å². The average molecular weight is 900 g/mol. The molecule has 0 spiro atoms. The minimum atomic E-state index is -0.178. The van der Waals surface area contributed by atoms with Gasteiger partial charge in [0.2, 0.25) is 5.95 Å². The summed E-state index contributed by atoms with van der Waals surface area (Å²) in [6.45, 7) is 9.47. The van der Waals surface area contributed by atoms with Crippen LogP contribution in [-0.4, -0.2) is 29.5 Å². The molecule has 14 rings (SSSR count). The summed E-state index contributed by atoms with van der Waals surface area (Å²) in [5, 5.41) is 9.69. The molecular formula is C63H45N7. The van der Waals surface area contributed by atoms with Crippen LogP contribution in [0.2, 0.25) is 0 Å². The molecule has 12 aromatic rings. The predicted octanol–water partition coefficient (Wildman–Crippen LogP) is 15.5. The molecule has 2 aliphatic rings. The number of para-hydroxylation sites is 2. The Bertz CT molecular complexity index is 4110. The van der Waals surface area contributed by atoms with Gasteiger partial charge in [-0.2, -0.15) is 9.97 Å². The van der Waals surface area contributed by atoms with Gasteiger partial charge in [0.05, 0.1) is 16.7 Å². The van der Waals surface area contributed by atoms with Crippen molar-refractivity contribution in [1.29, 1.82) is 0 Å². The van der Waals surface area contributed by atoms with Crippen molar-refractivity contribution in [1.82, 2.24) is 29.5 Å². The summed E-state index contributed by atoms with van der Waals surface area (Å²) in [5.41, 5.74) is 14.9. The minimum absolute atomic E-state index is 0.138. The molecule has 332 valence electrons. The first-order chi connectivity index (χ1) is 34.2. The number of pyridine rings is 2. The van der Waals surface area contributed by atoms with E-state index in [1.165, 1.54) is 71.5 Å². The summed E-state index contributed by atoms with van der Waals surface area (Å²) in [5.74, 6) is 1.68. The summed E-state index contributed by atoms with van der Waals surface area (Å²) in [6.07, 6.45) is 11.7. The zero-order valence-electron chi connectivity index (χ0n) is 39.2. The van der Waals surface area contributed by atoms with Crippen molar-refractivity contribution in [2.45, 2.75) is 38.5 Å². The van der Waals surface area contributed by atoms with Gasteiger partial charge in [-0.25, -0.2) is 4.98 Å². The third-order valence-corrected chi connectivity index (χ3v) is 15.1. The lowest BCUT2D eigenvalue weighted by Gasteiger charge is -2.46. The number of benzene rings is 8. The molecule has 0 unspecified atom stereocenters. The summed E-state index contributed by atoms with van der Waals surface area (Å²) < 4.78 is 2.18. The first-order valence-corrected chi connectivity index (χ1v) is 24.0. The van der Waals surface area contributed by atoms with Crippen molar-refractivity contribution in [3.05, 3.63) is 218 Å². The van der Waals surface area contributed by atoms with E-state index in [9.17, 15) is 0 Å². The highest BCUT2D eigenvalue weighted by atomic mass is 15.2. The van der Waals surface area contributed by atoms with Gasteiger partial charge in [0.1, 0.15) is 0 Å². The molecule has 0 N–H and O–H groups in total. The Labute approximate surface area is 405 Å². The molecule has 0 bridgehead atoms. The highest BCUT2D eigenvalue weighted by Gasteiger charge is 2.42. The van der Waals surface area contributed by atoms with E-state index in [4.69, 9.17) is 15.0 Å². The van der Waals surface area contributed by atoms with E-state index >= 15 is 0 Å². The first kappa shape index (κ1) is 40.3. The van der Waals surface area contributed by atoms with Gasteiger partial charge in [0.15, 0.2) is 11.6 Å². The van der Waals surface area contributed by atoms with E-state index < -0.39 is 0 Å². The molecule has 8 aromatic carbocycles. The molecule has 7 heteroatoms. The Hall–Kier alpha value is -8.81. The molecule has 0 saturated heterocycles. The molecule has 7 nitrogen and oxygen atoms in total. The van der Waals surface area contributed by atoms with Crippen molar-refractivity contribution < 1.29 is 0 Å². The standard InChI is InChI=1S/C63H45N7/c1-62(2)30-35-69-54-18-10-8-16-51(54)63(3,4)52-25-24-43(57(62)58(52)69)41-21-23-47-46-22-20-40(36-49(46)44-12-5-6-13-45(44)50(47)37-41)42-15-11-19-55-56(42)48-14-7-9-17-53(48)70(55)61-67-59(38-26-31-64-32-27-38)66-60(68-61)39-28-33-65-34-29-39/h5-37H,1-4H3. The lowest BCUT2D eigenvalue weighted by atomic mass is 9.67. The molecular weight excluding hydrogens is 855 g/mol. The molecule has 0 radical (unpaired) electrons. The van der Waals surface area contributed by atoms with E-state index in [2.05, 4.69) is 199 Å². The second-order valence-corrected chi connectivity index (χ2v) is 19.8.